The van der Waals surface area contributed by atoms with E-state index in [0.29, 0.717) is 99.7 Å². The van der Waals surface area contributed by atoms with E-state index in [-0.39, 0.29) is 87.6 Å². The normalized spacial score (nSPS) is 13.0. The van der Waals surface area contributed by atoms with Gasteiger partial charge in [0.1, 0.15) is 65.5 Å². The number of nitrogens with two attached hydrogens (primary N) is 1. The molecule has 0 fully saturated rings. The minimum atomic E-state index is -1.06. The van der Waals surface area contributed by atoms with Gasteiger partial charge in [0, 0.05) is 72.9 Å². The highest BCUT2D eigenvalue weighted by atomic mass is 16.6. The summed E-state index contributed by atoms with van der Waals surface area (Å²) < 4.78 is 48.5. The smallest absolute Gasteiger partial charge is 0.410 e. The van der Waals surface area contributed by atoms with E-state index in [2.05, 4.69) is 9.97 Å². The van der Waals surface area contributed by atoms with Crippen LogP contribution in [0.1, 0.15) is 220 Å². The number of carbonyl (C=O) groups is 8. The van der Waals surface area contributed by atoms with E-state index in [4.69, 9.17) is 47.7 Å². The molecule has 7 aromatic rings. The van der Waals surface area contributed by atoms with E-state index in [1.165, 1.54) is 9.80 Å². The molecule has 6 N–H and O–H groups in total. The number of para-hydroxylation sites is 4. The number of aliphatic hydroxyl groups excluding tert-OH is 3. The number of aliphatic carboxylic acids is 1. The van der Waals surface area contributed by atoms with E-state index < -0.39 is 76.5 Å². The monoisotopic (exact) mass is 1630 g/mol. The van der Waals surface area contributed by atoms with Crippen LogP contribution in [0.15, 0.2) is 148 Å². The van der Waals surface area contributed by atoms with Crippen molar-refractivity contribution in [3.05, 3.63) is 168 Å². The SMILES string of the molecule is CN(CCCC[C@@H](CO)CC(=O)OCc1ccccc1)C(=O)OC(C)(C)C.CN(CCCC[C@H](CC(=O)OCc1ccccc1)C(=O)O)C(=O)OC(C)(C)C.CN(CCCC[C@H](CC(=O)OCc1ccccc1)C(O)c1nc2ccccc2o1)C(=O)OC(C)(C)C.CN(CCCC[C@H](N)C(O)c1nc2ccccc2o1)C(=O)OC(C)(C)C. The molecule has 5 aromatic carbocycles. The molecule has 117 heavy (non-hydrogen) atoms. The molecule has 0 aliphatic heterocycles. The largest absolute Gasteiger partial charge is 0.481 e. The third kappa shape index (κ3) is 42.0. The first-order valence-electron chi connectivity index (χ1n) is 40.1. The van der Waals surface area contributed by atoms with Crippen molar-refractivity contribution in [2.75, 3.05) is 61.0 Å². The first kappa shape index (κ1) is 99.2. The number of oxazole rings is 2. The van der Waals surface area contributed by atoms with Crippen LogP contribution in [0.4, 0.5) is 19.2 Å². The minimum Gasteiger partial charge on any atom is -0.481 e. The molecule has 0 spiro atoms. The standard InChI is InChI=1S/C28H36N2O6.C21H31NO6.C21H33NO5.C19H29N3O4/c1-28(2,3)36-27(33)30(4)17-11-10-14-21(18-24(31)34-19-20-12-6-5-7-13-20)25(32)26-29-22-15-8-9-16-23(22)35-26;1-21(2,3)28-20(26)22(4)13-9-8-12-17(19(24)25)14-18(23)27-15-16-10-6-5-7-11-16;1-21(2,3)27-20(25)22(4)13-9-8-12-18(15-23)14-19(24)26-16-17-10-6-5-7-11-17;1-19(2,3)26-18(24)22(4)12-8-7-9-13(20)16(23)17-21-14-10-5-6-11-15(14)25-17/h5-9,12-13,15-16,21,25,32H,10-11,14,17-19H2,1-4H3;5-7,10-11,17H,8-9,12-15H2,1-4H3,(H,24,25);5-7,10-11,18,23H,8-9,12-16H2,1-4H3;5-6,10-11,13,16,23H,7-9,12,20H2,1-4H3/t21-,25?;17-;18-;13-,16?/m1110/s1. The van der Waals surface area contributed by atoms with E-state index >= 15 is 0 Å². The number of fused-ring (bicyclic) bond motifs is 2. The van der Waals surface area contributed by atoms with Crippen molar-refractivity contribution in [3.63, 3.8) is 0 Å². The van der Waals surface area contributed by atoms with Gasteiger partial charge in [-0.05, 0) is 181 Å². The second kappa shape index (κ2) is 50.5. The van der Waals surface area contributed by atoms with Crippen LogP contribution in [-0.2, 0) is 72.2 Å². The first-order chi connectivity index (χ1) is 55.1. The van der Waals surface area contributed by atoms with E-state index in [9.17, 15) is 58.8 Å². The third-order valence-corrected chi connectivity index (χ3v) is 17.7. The van der Waals surface area contributed by atoms with Gasteiger partial charge in [-0.3, -0.25) is 19.2 Å². The summed E-state index contributed by atoms with van der Waals surface area (Å²) in [6.45, 7) is 24.5. The number of aliphatic hydroxyl groups is 3. The molecule has 2 aromatic heterocycles. The summed E-state index contributed by atoms with van der Waals surface area (Å²) in [6.07, 6.45) is 4.45. The highest BCUT2D eigenvalue weighted by Crippen LogP contribution is 2.32. The number of unbranched alkanes of at least 4 members (excludes halogenated alkanes) is 4. The summed E-state index contributed by atoms with van der Waals surface area (Å²) in [7, 11) is 6.75. The van der Waals surface area contributed by atoms with Crippen molar-refractivity contribution < 1.29 is 101 Å². The third-order valence-electron chi connectivity index (χ3n) is 17.7. The zero-order chi connectivity index (χ0) is 86.9. The van der Waals surface area contributed by atoms with Gasteiger partial charge in [0.2, 0.25) is 11.8 Å². The average Bonchev–Trinajstić information content (AvgIpc) is 1.68. The molecule has 7 rings (SSSR count). The lowest BCUT2D eigenvalue weighted by atomic mass is 9.92. The maximum Gasteiger partial charge on any atom is 0.410 e. The second-order valence-corrected chi connectivity index (χ2v) is 33.1. The number of benzene rings is 5. The Hall–Kier alpha value is -10.2. The predicted molar refractivity (Wildman–Crippen MR) is 445 cm³/mol. The lowest BCUT2D eigenvalue weighted by Gasteiger charge is -2.25. The Bertz CT molecular complexity index is 4010. The molecular weight excluding hydrogens is 1500 g/mol. The number of amides is 4. The molecule has 0 radical (unpaired) electrons. The number of carboxylic acid groups (broad SMARTS) is 1. The van der Waals surface area contributed by atoms with E-state index in [1.807, 2.05) is 190 Å². The van der Waals surface area contributed by atoms with Crippen LogP contribution in [0.5, 0.6) is 0 Å². The molecule has 0 aliphatic rings. The van der Waals surface area contributed by atoms with Crippen LogP contribution in [0.25, 0.3) is 22.2 Å². The van der Waals surface area contributed by atoms with Gasteiger partial charge >= 0.3 is 48.3 Å². The topological polar surface area (TPSA) is 373 Å². The molecule has 646 valence electrons. The van der Waals surface area contributed by atoms with Crippen LogP contribution >= 0.6 is 0 Å². The maximum atomic E-state index is 12.6. The quantitative estimate of drug-likeness (QED) is 0.0136. The van der Waals surface area contributed by atoms with Gasteiger partial charge in [-0.15, -0.1) is 0 Å². The summed E-state index contributed by atoms with van der Waals surface area (Å²) in [6, 6.07) is 42.3. The number of rotatable bonds is 38. The number of carbonyl (C=O) groups excluding carboxylic acids is 7. The molecule has 28 heteroatoms. The number of hydrogen-bond donors (Lipinski definition) is 5. The van der Waals surface area contributed by atoms with Gasteiger partial charge in [-0.25, -0.2) is 29.1 Å². The van der Waals surface area contributed by atoms with Crippen molar-refractivity contribution in [1.29, 1.82) is 0 Å². The molecule has 6 atom stereocenters. The van der Waals surface area contributed by atoms with Crippen LogP contribution in [0, 0.1) is 17.8 Å². The molecular formula is C89H129N7O21. The molecule has 4 amide bonds. The number of hydrogen-bond acceptors (Lipinski definition) is 23. The van der Waals surface area contributed by atoms with Gasteiger partial charge in [0.05, 0.1) is 25.2 Å². The Morgan fingerprint density at radius 2 is 0.709 bits per heavy atom. The van der Waals surface area contributed by atoms with Crippen molar-refractivity contribution in [1.82, 2.24) is 29.6 Å². The number of esters is 3. The summed E-state index contributed by atoms with van der Waals surface area (Å²) in [5.74, 6) is -3.19. The fourth-order valence-electron chi connectivity index (χ4n) is 11.3. The Morgan fingerprint density at radius 1 is 0.402 bits per heavy atom. The second-order valence-electron chi connectivity index (χ2n) is 33.1. The molecule has 2 unspecified atom stereocenters. The van der Waals surface area contributed by atoms with Crippen LogP contribution < -0.4 is 5.73 Å². The van der Waals surface area contributed by atoms with Crippen molar-refractivity contribution in [2.45, 2.75) is 240 Å². The number of aromatic nitrogens is 2. The zero-order valence-corrected chi connectivity index (χ0v) is 71.5. The molecule has 0 bridgehead atoms. The Labute approximate surface area is 690 Å². The Morgan fingerprint density at radius 3 is 1.05 bits per heavy atom. The first-order valence-corrected chi connectivity index (χ1v) is 40.1. The van der Waals surface area contributed by atoms with Gasteiger partial charge in [-0.2, -0.15) is 0 Å². The average molecular weight is 1630 g/mol. The lowest BCUT2D eigenvalue weighted by molar-refractivity contribution is -0.152. The maximum absolute atomic E-state index is 12.6. The zero-order valence-electron chi connectivity index (χ0n) is 71.5. The summed E-state index contributed by atoms with van der Waals surface area (Å²) >= 11 is 0. The molecule has 28 nitrogen and oxygen atoms in total. The number of nitrogens with zero attached hydrogens (tertiary/aromatic N) is 6. The van der Waals surface area contributed by atoms with Crippen LogP contribution in [0.2, 0.25) is 0 Å². The Kier molecular flexibility index (Phi) is 42.8. The van der Waals surface area contributed by atoms with Crippen molar-refractivity contribution >= 4 is 70.4 Å². The van der Waals surface area contributed by atoms with Gasteiger partial charge < -0.3 is 87.8 Å². The fourth-order valence-corrected chi connectivity index (χ4v) is 11.3. The van der Waals surface area contributed by atoms with Gasteiger partial charge in [0.25, 0.3) is 0 Å². The van der Waals surface area contributed by atoms with Crippen LogP contribution in [0.3, 0.4) is 0 Å². The summed E-state index contributed by atoms with van der Waals surface area (Å²) in [4.78, 5) is 111. The minimum absolute atomic E-state index is 0.0225. The summed E-state index contributed by atoms with van der Waals surface area (Å²) in [5.41, 5.74) is 9.21. The molecule has 0 aliphatic carbocycles. The fraction of sp³-hybridized carbons (Fsp3) is 0.551. The van der Waals surface area contributed by atoms with Crippen molar-refractivity contribution in [2.24, 2.45) is 23.5 Å². The predicted octanol–water partition coefficient (Wildman–Crippen LogP) is 16.5. The number of ether oxygens (including phenoxy) is 7. The van der Waals surface area contributed by atoms with Gasteiger partial charge in [-0.1, -0.05) is 141 Å². The number of carboxylic acids is 1. The Balaban J connectivity index is 0.000000331. The highest BCUT2D eigenvalue weighted by Gasteiger charge is 2.31. The van der Waals surface area contributed by atoms with E-state index in [0.717, 1.165) is 42.4 Å². The molecule has 2 heterocycles. The van der Waals surface area contributed by atoms with Crippen LogP contribution in [-0.4, -0.2) is 188 Å². The molecule has 0 saturated heterocycles. The lowest BCUT2D eigenvalue weighted by Crippen LogP contribution is -2.35. The van der Waals surface area contributed by atoms with E-state index in [1.54, 1.807) is 70.9 Å². The van der Waals surface area contributed by atoms with Gasteiger partial charge in [0.15, 0.2) is 11.2 Å². The molecule has 0 saturated carbocycles. The highest BCUT2D eigenvalue weighted by molar-refractivity contribution is 5.79. The van der Waals surface area contributed by atoms with Crippen molar-refractivity contribution in [3.8, 4) is 0 Å². The summed E-state index contributed by atoms with van der Waals surface area (Å²) in [5, 5.41) is 40.3.